The quantitative estimate of drug-likeness (QED) is 0.808. The first-order chi connectivity index (χ1) is 9.58. The van der Waals surface area contributed by atoms with Crippen LogP contribution in [0, 0.1) is 12.7 Å². The van der Waals surface area contributed by atoms with Gasteiger partial charge in [-0.05, 0) is 43.3 Å². The molecule has 2 nitrogen and oxygen atoms in total. The minimum Gasteiger partial charge on any atom is -0.293 e. The van der Waals surface area contributed by atoms with E-state index in [-0.39, 0.29) is 5.82 Å². The highest BCUT2D eigenvalue weighted by molar-refractivity contribution is 9.10. The maximum atomic E-state index is 13.1. The predicted octanol–water partition coefficient (Wildman–Crippen LogP) is 4.31. The van der Waals surface area contributed by atoms with Gasteiger partial charge in [-0.3, -0.25) is 9.88 Å². The lowest BCUT2D eigenvalue weighted by atomic mass is 10.2. The number of rotatable bonds is 5. The molecule has 0 amide bonds. The lowest BCUT2D eigenvalue weighted by Gasteiger charge is -2.21. The van der Waals surface area contributed by atoms with Crippen molar-refractivity contribution in [2.75, 3.05) is 6.54 Å². The number of halogens is 2. The molecule has 0 aliphatic heterocycles. The predicted molar refractivity (Wildman–Crippen MR) is 82.9 cm³/mol. The van der Waals surface area contributed by atoms with Crippen LogP contribution in [-0.2, 0) is 13.1 Å². The molecule has 0 radical (unpaired) electrons. The zero-order chi connectivity index (χ0) is 14.5. The SMILES string of the molecule is CCN(Cc1cccc(C)n1)Cc1ccc(F)cc1Br. The Balaban J connectivity index is 2.09. The molecule has 4 heteroatoms. The molecule has 0 spiro atoms. The van der Waals surface area contributed by atoms with E-state index >= 15 is 0 Å². The van der Waals surface area contributed by atoms with E-state index in [9.17, 15) is 4.39 Å². The second kappa shape index (κ2) is 6.95. The third-order valence-corrected chi connectivity index (χ3v) is 3.93. The highest BCUT2D eigenvalue weighted by Crippen LogP contribution is 2.20. The van der Waals surface area contributed by atoms with Crippen molar-refractivity contribution in [1.82, 2.24) is 9.88 Å². The van der Waals surface area contributed by atoms with Gasteiger partial charge in [0.25, 0.3) is 0 Å². The second-order valence-electron chi connectivity index (χ2n) is 4.81. The Hall–Kier alpha value is -1.26. The van der Waals surface area contributed by atoms with Gasteiger partial charge in [-0.25, -0.2) is 4.39 Å². The number of hydrogen-bond donors (Lipinski definition) is 0. The van der Waals surface area contributed by atoms with Gasteiger partial charge in [0.2, 0.25) is 0 Å². The average molecular weight is 337 g/mol. The van der Waals surface area contributed by atoms with Gasteiger partial charge >= 0.3 is 0 Å². The van der Waals surface area contributed by atoms with E-state index < -0.39 is 0 Å². The molecule has 106 valence electrons. The highest BCUT2D eigenvalue weighted by atomic mass is 79.9. The molecular formula is C16H18BrFN2. The molecule has 2 rings (SSSR count). The van der Waals surface area contributed by atoms with E-state index in [1.165, 1.54) is 12.1 Å². The Bertz CT molecular complexity index is 586. The first kappa shape index (κ1) is 15.1. The minimum atomic E-state index is -0.218. The van der Waals surface area contributed by atoms with E-state index in [0.29, 0.717) is 0 Å². The lowest BCUT2D eigenvalue weighted by molar-refractivity contribution is 0.267. The standard InChI is InChI=1S/C16H18BrFN2/c1-3-20(11-15-6-4-5-12(2)19-15)10-13-7-8-14(18)9-16(13)17/h4-9H,3,10-11H2,1-2H3. The molecule has 0 unspecified atom stereocenters. The molecule has 0 aliphatic rings. The summed E-state index contributed by atoms with van der Waals surface area (Å²) in [6.45, 7) is 6.60. The molecule has 2 aromatic rings. The number of aromatic nitrogens is 1. The summed E-state index contributed by atoms with van der Waals surface area (Å²) in [7, 11) is 0. The fourth-order valence-electron chi connectivity index (χ4n) is 2.09. The van der Waals surface area contributed by atoms with Crippen LogP contribution in [0.15, 0.2) is 40.9 Å². The molecule has 0 saturated heterocycles. The largest absolute Gasteiger partial charge is 0.293 e. The van der Waals surface area contributed by atoms with Crippen molar-refractivity contribution in [3.8, 4) is 0 Å². The lowest BCUT2D eigenvalue weighted by Crippen LogP contribution is -2.23. The number of pyridine rings is 1. The minimum absolute atomic E-state index is 0.218. The van der Waals surface area contributed by atoms with Crippen LogP contribution in [0.4, 0.5) is 4.39 Å². The Kier molecular flexibility index (Phi) is 5.26. The van der Waals surface area contributed by atoms with Crippen LogP contribution in [0.3, 0.4) is 0 Å². The van der Waals surface area contributed by atoms with Crippen LogP contribution in [0.5, 0.6) is 0 Å². The molecule has 0 atom stereocenters. The normalized spacial score (nSPS) is 11.1. The summed E-state index contributed by atoms with van der Waals surface area (Å²) < 4.78 is 13.9. The topological polar surface area (TPSA) is 16.1 Å². The van der Waals surface area contributed by atoms with Crippen LogP contribution < -0.4 is 0 Å². The highest BCUT2D eigenvalue weighted by Gasteiger charge is 2.09. The summed E-state index contributed by atoms with van der Waals surface area (Å²) in [6, 6.07) is 10.9. The second-order valence-corrected chi connectivity index (χ2v) is 5.66. The molecule has 0 aliphatic carbocycles. The van der Waals surface area contributed by atoms with Crippen LogP contribution in [0.25, 0.3) is 0 Å². The van der Waals surface area contributed by atoms with Gasteiger partial charge in [-0.2, -0.15) is 0 Å². The van der Waals surface area contributed by atoms with Crippen molar-refractivity contribution >= 4 is 15.9 Å². The van der Waals surface area contributed by atoms with Crippen molar-refractivity contribution in [2.45, 2.75) is 26.9 Å². The van der Waals surface area contributed by atoms with E-state index in [4.69, 9.17) is 0 Å². The fraction of sp³-hybridized carbons (Fsp3) is 0.312. The molecule has 0 fully saturated rings. The van der Waals surface area contributed by atoms with Crippen molar-refractivity contribution in [3.63, 3.8) is 0 Å². The van der Waals surface area contributed by atoms with E-state index in [1.54, 1.807) is 0 Å². The number of aryl methyl sites for hydroxylation is 1. The Morgan fingerprint density at radius 2 is 2.00 bits per heavy atom. The first-order valence-electron chi connectivity index (χ1n) is 6.67. The zero-order valence-corrected chi connectivity index (χ0v) is 13.3. The van der Waals surface area contributed by atoms with Gasteiger partial charge in [-0.15, -0.1) is 0 Å². The van der Waals surface area contributed by atoms with Crippen molar-refractivity contribution in [2.24, 2.45) is 0 Å². The molecule has 1 heterocycles. The fourth-order valence-corrected chi connectivity index (χ4v) is 2.56. The Morgan fingerprint density at radius 3 is 2.65 bits per heavy atom. The van der Waals surface area contributed by atoms with Gasteiger partial charge in [0.15, 0.2) is 0 Å². The summed E-state index contributed by atoms with van der Waals surface area (Å²) >= 11 is 3.42. The number of nitrogens with zero attached hydrogens (tertiary/aromatic N) is 2. The Labute approximate surface area is 127 Å². The van der Waals surface area contributed by atoms with Crippen molar-refractivity contribution in [1.29, 1.82) is 0 Å². The Morgan fingerprint density at radius 1 is 1.20 bits per heavy atom. The molecule has 1 aromatic carbocycles. The van der Waals surface area contributed by atoms with E-state index in [1.807, 2.05) is 31.2 Å². The zero-order valence-electron chi connectivity index (χ0n) is 11.7. The number of benzene rings is 1. The van der Waals surface area contributed by atoms with E-state index in [2.05, 4.69) is 32.7 Å². The van der Waals surface area contributed by atoms with Gasteiger partial charge < -0.3 is 0 Å². The van der Waals surface area contributed by atoms with Crippen molar-refractivity contribution < 1.29 is 4.39 Å². The first-order valence-corrected chi connectivity index (χ1v) is 7.46. The molecule has 0 bridgehead atoms. The van der Waals surface area contributed by atoms with Crippen LogP contribution in [-0.4, -0.2) is 16.4 Å². The van der Waals surface area contributed by atoms with Crippen LogP contribution in [0.2, 0.25) is 0 Å². The molecule has 20 heavy (non-hydrogen) atoms. The molecule has 1 aromatic heterocycles. The van der Waals surface area contributed by atoms with Gasteiger partial charge in [-0.1, -0.05) is 35.0 Å². The summed E-state index contributed by atoms with van der Waals surface area (Å²) in [5.74, 6) is -0.218. The van der Waals surface area contributed by atoms with Crippen LogP contribution >= 0.6 is 15.9 Å². The maximum Gasteiger partial charge on any atom is 0.124 e. The monoisotopic (exact) mass is 336 g/mol. The van der Waals surface area contributed by atoms with Crippen molar-refractivity contribution in [3.05, 3.63) is 63.6 Å². The molecule has 0 N–H and O–H groups in total. The van der Waals surface area contributed by atoms with Gasteiger partial charge in [0.05, 0.1) is 5.69 Å². The molecule has 0 saturated carbocycles. The smallest absolute Gasteiger partial charge is 0.124 e. The van der Waals surface area contributed by atoms with Gasteiger partial charge in [0, 0.05) is 23.3 Å². The third-order valence-electron chi connectivity index (χ3n) is 3.19. The maximum absolute atomic E-state index is 13.1. The van der Waals surface area contributed by atoms with Crippen LogP contribution in [0.1, 0.15) is 23.9 Å². The molecular weight excluding hydrogens is 319 g/mol. The summed E-state index contributed by atoms with van der Waals surface area (Å²) in [5, 5.41) is 0. The summed E-state index contributed by atoms with van der Waals surface area (Å²) in [6.07, 6.45) is 0. The average Bonchev–Trinajstić information content (AvgIpc) is 2.41. The third kappa shape index (κ3) is 4.12. The summed E-state index contributed by atoms with van der Waals surface area (Å²) in [5.41, 5.74) is 3.17. The summed E-state index contributed by atoms with van der Waals surface area (Å²) in [4.78, 5) is 6.80. The van der Waals surface area contributed by atoms with E-state index in [0.717, 1.165) is 41.1 Å². The van der Waals surface area contributed by atoms with Gasteiger partial charge in [0.1, 0.15) is 5.82 Å². The number of hydrogen-bond acceptors (Lipinski definition) is 2.